The molecule has 5 nitrogen and oxygen atoms in total. The van der Waals surface area contributed by atoms with E-state index in [2.05, 4.69) is 5.32 Å². The monoisotopic (exact) mass is 326 g/mol. The molecule has 24 heavy (non-hydrogen) atoms. The average Bonchev–Trinajstić information content (AvgIpc) is 2.67. The van der Waals surface area contributed by atoms with Gasteiger partial charge in [0, 0.05) is 19.6 Å². The molecule has 1 heterocycles. The van der Waals surface area contributed by atoms with E-state index in [1.54, 1.807) is 4.90 Å². The van der Waals surface area contributed by atoms with Crippen LogP contribution in [-0.4, -0.2) is 37.2 Å². The van der Waals surface area contributed by atoms with Crippen molar-refractivity contribution in [2.75, 3.05) is 26.3 Å². The van der Waals surface area contributed by atoms with Gasteiger partial charge in [0.1, 0.15) is 12.4 Å². The third-order valence-corrected chi connectivity index (χ3v) is 3.91. The van der Waals surface area contributed by atoms with Crippen LogP contribution in [0.3, 0.4) is 0 Å². The number of carbonyl (C=O) groups is 1. The normalized spacial score (nSPS) is 14.2. The van der Waals surface area contributed by atoms with Gasteiger partial charge < -0.3 is 19.7 Å². The van der Waals surface area contributed by atoms with Crippen LogP contribution in [0.15, 0.2) is 54.6 Å². The zero-order valence-electron chi connectivity index (χ0n) is 13.6. The summed E-state index contributed by atoms with van der Waals surface area (Å²) < 4.78 is 11.0. The molecular weight excluding hydrogens is 304 g/mol. The van der Waals surface area contributed by atoms with Crippen molar-refractivity contribution >= 4 is 6.03 Å². The zero-order chi connectivity index (χ0) is 16.6. The number of rotatable bonds is 5. The fourth-order valence-electron chi connectivity index (χ4n) is 2.50. The maximum Gasteiger partial charge on any atom is 0.317 e. The van der Waals surface area contributed by atoms with Crippen LogP contribution in [0.4, 0.5) is 4.79 Å². The summed E-state index contributed by atoms with van der Waals surface area (Å²) in [5.41, 5.74) is 2.18. The first-order valence-corrected chi connectivity index (χ1v) is 8.17. The van der Waals surface area contributed by atoms with Gasteiger partial charge in [-0.3, -0.25) is 0 Å². The molecule has 1 N–H and O–H groups in total. The fraction of sp³-hybridized carbons (Fsp3) is 0.316. The number of ether oxygens (including phenoxy) is 2. The van der Waals surface area contributed by atoms with Gasteiger partial charge in [-0.05, 0) is 23.3 Å². The van der Waals surface area contributed by atoms with Gasteiger partial charge in [0.25, 0.3) is 0 Å². The lowest BCUT2D eigenvalue weighted by molar-refractivity contribution is 0.0531. The maximum atomic E-state index is 12.0. The molecule has 2 aromatic carbocycles. The summed E-state index contributed by atoms with van der Waals surface area (Å²) in [4.78, 5) is 13.8. The number of carbonyl (C=O) groups excluding carboxylic acids is 1. The van der Waals surface area contributed by atoms with E-state index >= 15 is 0 Å². The summed E-state index contributed by atoms with van der Waals surface area (Å²) in [5.74, 6) is 0.821. The largest absolute Gasteiger partial charge is 0.489 e. The van der Waals surface area contributed by atoms with Gasteiger partial charge in [0.05, 0.1) is 13.2 Å². The molecule has 126 valence electrons. The fourth-order valence-corrected chi connectivity index (χ4v) is 2.50. The third kappa shape index (κ3) is 4.73. The molecule has 0 saturated carbocycles. The summed E-state index contributed by atoms with van der Waals surface area (Å²) in [6.45, 7) is 3.58. The molecule has 1 aliphatic rings. The Morgan fingerprint density at radius 1 is 1.00 bits per heavy atom. The van der Waals surface area contributed by atoms with Gasteiger partial charge in [-0.2, -0.15) is 0 Å². The van der Waals surface area contributed by atoms with Crippen LogP contribution in [-0.2, 0) is 17.9 Å². The predicted molar refractivity (Wildman–Crippen MR) is 91.8 cm³/mol. The minimum absolute atomic E-state index is 0.0392. The Balaban J connectivity index is 1.45. The van der Waals surface area contributed by atoms with Crippen molar-refractivity contribution in [3.05, 3.63) is 65.7 Å². The second-order valence-corrected chi connectivity index (χ2v) is 5.68. The number of benzene rings is 2. The van der Waals surface area contributed by atoms with Crippen LogP contribution in [0, 0.1) is 0 Å². The van der Waals surface area contributed by atoms with Crippen LogP contribution >= 0.6 is 0 Å². The van der Waals surface area contributed by atoms with Crippen molar-refractivity contribution < 1.29 is 14.3 Å². The molecule has 0 bridgehead atoms. The number of hydrogen-bond donors (Lipinski definition) is 1. The van der Waals surface area contributed by atoms with E-state index in [4.69, 9.17) is 9.47 Å². The summed E-state index contributed by atoms with van der Waals surface area (Å²) in [6, 6.07) is 17.8. The number of nitrogens with zero attached hydrogens (tertiary/aromatic N) is 1. The number of amides is 2. The van der Waals surface area contributed by atoms with Gasteiger partial charge >= 0.3 is 6.03 Å². The number of urea groups is 1. The lowest BCUT2D eigenvalue weighted by Gasteiger charge is -2.26. The second kappa shape index (κ2) is 8.36. The highest BCUT2D eigenvalue weighted by Gasteiger charge is 2.15. The van der Waals surface area contributed by atoms with Gasteiger partial charge in [-0.25, -0.2) is 4.79 Å². The highest BCUT2D eigenvalue weighted by atomic mass is 16.5. The molecule has 0 radical (unpaired) electrons. The first kappa shape index (κ1) is 16.3. The Labute approximate surface area is 142 Å². The number of nitrogens with one attached hydrogen (secondary N) is 1. The van der Waals surface area contributed by atoms with Crippen LogP contribution in [0.2, 0.25) is 0 Å². The van der Waals surface area contributed by atoms with Crippen molar-refractivity contribution in [1.82, 2.24) is 10.2 Å². The molecule has 0 aromatic heterocycles. The Kier molecular flexibility index (Phi) is 5.69. The Hall–Kier alpha value is -2.53. The maximum absolute atomic E-state index is 12.0. The molecule has 3 rings (SSSR count). The standard InChI is InChI=1S/C19H22N2O3/c22-19(21-10-12-23-13-11-21)20-14-16-6-8-18(9-7-16)24-15-17-4-2-1-3-5-17/h1-9H,10-15H2,(H,20,22). The van der Waals surface area contributed by atoms with Crippen molar-refractivity contribution in [3.8, 4) is 5.75 Å². The SMILES string of the molecule is O=C(NCc1ccc(OCc2ccccc2)cc1)N1CCOCC1. The van der Waals surface area contributed by atoms with E-state index in [1.165, 1.54) is 0 Å². The van der Waals surface area contributed by atoms with Gasteiger partial charge in [-0.1, -0.05) is 42.5 Å². The van der Waals surface area contributed by atoms with E-state index in [0.29, 0.717) is 39.5 Å². The number of morpholine rings is 1. The molecule has 0 spiro atoms. The Morgan fingerprint density at radius 3 is 2.42 bits per heavy atom. The van der Waals surface area contributed by atoms with Crippen LogP contribution in [0.5, 0.6) is 5.75 Å². The van der Waals surface area contributed by atoms with Gasteiger partial charge in [-0.15, -0.1) is 0 Å². The molecule has 0 aliphatic carbocycles. The van der Waals surface area contributed by atoms with E-state index in [1.807, 2.05) is 54.6 Å². The average molecular weight is 326 g/mol. The summed E-state index contributed by atoms with van der Waals surface area (Å²) in [7, 11) is 0. The smallest absolute Gasteiger partial charge is 0.317 e. The molecule has 1 saturated heterocycles. The zero-order valence-corrected chi connectivity index (χ0v) is 13.6. The minimum atomic E-state index is -0.0392. The minimum Gasteiger partial charge on any atom is -0.489 e. The third-order valence-electron chi connectivity index (χ3n) is 3.91. The van der Waals surface area contributed by atoms with E-state index in [9.17, 15) is 4.79 Å². The van der Waals surface area contributed by atoms with Crippen LogP contribution < -0.4 is 10.1 Å². The molecule has 1 fully saturated rings. The first-order valence-electron chi connectivity index (χ1n) is 8.17. The quantitative estimate of drug-likeness (QED) is 0.919. The molecule has 2 aromatic rings. The molecule has 5 heteroatoms. The van der Waals surface area contributed by atoms with Crippen molar-refractivity contribution in [1.29, 1.82) is 0 Å². The lowest BCUT2D eigenvalue weighted by Crippen LogP contribution is -2.45. The van der Waals surface area contributed by atoms with Gasteiger partial charge in [0.2, 0.25) is 0 Å². The topological polar surface area (TPSA) is 50.8 Å². The number of hydrogen-bond acceptors (Lipinski definition) is 3. The van der Waals surface area contributed by atoms with Crippen LogP contribution in [0.25, 0.3) is 0 Å². The first-order chi connectivity index (χ1) is 11.8. The lowest BCUT2D eigenvalue weighted by atomic mass is 10.2. The summed E-state index contributed by atoms with van der Waals surface area (Å²) in [5, 5.41) is 2.94. The van der Waals surface area contributed by atoms with Crippen molar-refractivity contribution in [2.24, 2.45) is 0 Å². The van der Waals surface area contributed by atoms with Crippen molar-refractivity contribution in [2.45, 2.75) is 13.2 Å². The predicted octanol–water partition coefficient (Wildman–Crippen LogP) is 2.81. The second-order valence-electron chi connectivity index (χ2n) is 5.68. The summed E-state index contributed by atoms with van der Waals surface area (Å²) >= 11 is 0. The van der Waals surface area contributed by atoms with E-state index in [0.717, 1.165) is 16.9 Å². The Morgan fingerprint density at radius 2 is 1.71 bits per heavy atom. The molecule has 1 aliphatic heterocycles. The van der Waals surface area contributed by atoms with E-state index < -0.39 is 0 Å². The molecule has 0 unspecified atom stereocenters. The molecule has 0 atom stereocenters. The highest BCUT2D eigenvalue weighted by Crippen LogP contribution is 2.14. The highest BCUT2D eigenvalue weighted by molar-refractivity contribution is 5.74. The Bertz CT molecular complexity index is 637. The van der Waals surface area contributed by atoms with E-state index in [-0.39, 0.29) is 6.03 Å². The van der Waals surface area contributed by atoms with Gasteiger partial charge in [0.15, 0.2) is 0 Å². The molecule has 2 amide bonds. The summed E-state index contributed by atoms with van der Waals surface area (Å²) in [6.07, 6.45) is 0. The van der Waals surface area contributed by atoms with Crippen LogP contribution in [0.1, 0.15) is 11.1 Å². The van der Waals surface area contributed by atoms with Crippen molar-refractivity contribution in [3.63, 3.8) is 0 Å². The molecular formula is C19H22N2O3.